The summed E-state index contributed by atoms with van der Waals surface area (Å²) in [6.45, 7) is 0.0574. The summed E-state index contributed by atoms with van der Waals surface area (Å²) < 4.78 is 45.1. The van der Waals surface area contributed by atoms with Crippen LogP contribution in [-0.2, 0) is 14.6 Å². The number of sulfone groups is 1. The van der Waals surface area contributed by atoms with E-state index in [4.69, 9.17) is 34.3 Å². The maximum atomic E-state index is 13.3. The van der Waals surface area contributed by atoms with Crippen LogP contribution in [0.5, 0.6) is 0 Å². The highest BCUT2D eigenvalue weighted by Gasteiger charge is 2.73. The third-order valence-corrected chi connectivity index (χ3v) is 7.73. The molecular weight excluding hydrogens is 397 g/mol. The van der Waals surface area contributed by atoms with Gasteiger partial charge in [0.25, 0.3) is 0 Å². The smallest absolute Gasteiger partial charge is 0.182 e. The summed E-state index contributed by atoms with van der Waals surface area (Å²) in [6, 6.07) is 11.6. The van der Waals surface area contributed by atoms with Crippen molar-refractivity contribution in [3.8, 4) is 0 Å². The molecule has 0 spiro atoms. The summed E-state index contributed by atoms with van der Waals surface area (Å²) in [5.41, 5.74) is 5.57. The van der Waals surface area contributed by atoms with Gasteiger partial charge in [0.05, 0.1) is 27.2 Å². The molecular formula is C18H17ClFNO3S2. The quantitative estimate of drug-likeness (QED) is 0.735. The van der Waals surface area contributed by atoms with Gasteiger partial charge in [-0.25, -0.2) is 12.8 Å². The average Bonchev–Trinajstić information content (AvgIpc) is 3.27. The normalized spacial score (nSPS) is 25.0. The van der Waals surface area contributed by atoms with Crippen molar-refractivity contribution in [3.05, 3.63) is 64.9 Å². The van der Waals surface area contributed by atoms with Crippen molar-refractivity contribution in [2.24, 2.45) is 11.1 Å². The lowest BCUT2D eigenvalue weighted by molar-refractivity contribution is 0.166. The molecule has 0 heterocycles. The number of hydrogen-bond donors (Lipinski definition) is 1. The van der Waals surface area contributed by atoms with Crippen molar-refractivity contribution in [1.29, 1.82) is 0 Å². The Morgan fingerprint density at radius 1 is 1.23 bits per heavy atom. The monoisotopic (exact) mass is 413 g/mol. The second-order valence-corrected chi connectivity index (χ2v) is 9.23. The number of ether oxygens (including phenoxy) is 1. The van der Waals surface area contributed by atoms with E-state index in [1.807, 2.05) is 0 Å². The molecule has 0 radical (unpaired) electrons. The maximum absolute atomic E-state index is 13.3. The van der Waals surface area contributed by atoms with Gasteiger partial charge in [0.15, 0.2) is 9.84 Å². The van der Waals surface area contributed by atoms with Gasteiger partial charge in [-0.05, 0) is 42.0 Å². The molecule has 1 saturated carbocycles. The van der Waals surface area contributed by atoms with Gasteiger partial charge < -0.3 is 10.5 Å². The summed E-state index contributed by atoms with van der Waals surface area (Å²) in [4.78, 5) is 0.199. The van der Waals surface area contributed by atoms with E-state index in [0.29, 0.717) is 10.6 Å². The first kappa shape index (κ1) is 19.2. The predicted molar refractivity (Wildman–Crippen MR) is 103 cm³/mol. The molecule has 0 bridgehead atoms. The molecule has 4 nitrogen and oxygen atoms in total. The van der Waals surface area contributed by atoms with Gasteiger partial charge in [-0.3, -0.25) is 0 Å². The highest BCUT2D eigenvalue weighted by Crippen LogP contribution is 2.64. The van der Waals surface area contributed by atoms with Crippen molar-refractivity contribution in [2.75, 3.05) is 13.7 Å². The van der Waals surface area contributed by atoms with Crippen LogP contribution >= 0.6 is 23.8 Å². The van der Waals surface area contributed by atoms with Crippen molar-refractivity contribution in [1.82, 2.24) is 0 Å². The molecule has 1 aliphatic carbocycles. The lowest BCUT2D eigenvalue weighted by Crippen LogP contribution is -2.33. The Kier molecular flexibility index (Phi) is 5.09. The zero-order chi connectivity index (χ0) is 19.1. The Bertz CT molecular complexity index is 932. The van der Waals surface area contributed by atoms with E-state index in [1.54, 1.807) is 12.1 Å². The van der Waals surface area contributed by atoms with Gasteiger partial charge >= 0.3 is 0 Å². The number of nitrogens with two attached hydrogens (primary N) is 1. The number of thiocarbonyl (C=S) groups is 1. The Hall–Kier alpha value is -1.54. The predicted octanol–water partition coefficient (Wildman–Crippen LogP) is 3.34. The Balaban J connectivity index is 2.11. The van der Waals surface area contributed by atoms with Gasteiger partial charge in [-0.15, -0.1) is 0 Å². The largest absolute Gasteiger partial charge is 0.393 e. The molecule has 3 atom stereocenters. The zero-order valence-electron chi connectivity index (χ0n) is 13.9. The van der Waals surface area contributed by atoms with Gasteiger partial charge in [0, 0.05) is 18.1 Å². The lowest BCUT2D eigenvalue weighted by Gasteiger charge is -2.16. The Labute approximate surface area is 162 Å². The molecule has 8 heteroatoms. The molecule has 0 aromatic heterocycles. The molecule has 0 aliphatic heterocycles. The molecule has 0 saturated heterocycles. The van der Waals surface area contributed by atoms with Crippen molar-refractivity contribution in [3.63, 3.8) is 0 Å². The van der Waals surface area contributed by atoms with Crippen LogP contribution in [0.3, 0.4) is 0 Å². The van der Waals surface area contributed by atoms with Crippen LogP contribution in [0.15, 0.2) is 53.4 Å². The molecule has 2 aromatic carbocycles. The van der Waals surface area contributed by atoms with E-state index >= 15 is 0 Å². The third kappa shape index (κ3) is 3.03. The van der Waals surface area contributed by atoms with Gasteiger partial charge in [0.1, 0.15) is 5.82 Å². The molecule has 138 valence electrons. The number of hydrogen-bond acceptors (Lipinski definition) is 4. The van der Waals surface area contributed by atoms with Crippen LogP contribution in [0.25, 0.3) is 0 Å². The highest BCUT2D eigenvalue weighted by atomic mass is 35.5. The average molecular weight is 414 g/mol. The van der Waals surface area contributed by atoms with Crippen LogP contribution in [0, 0.1) is 11.2 Å². The second-order valence-electron chi connectivity index (χ2n) is 6.29. The molecule has 1 fully saturated rings. The number of methoxy groups -OCH3 is 1. The molecule has 0 amide bonds. The third-order valence-electron chi connectivity index (χ3n) is 4.80. The van der Waals surface area contributed by atoms with Crippen molar-refractivity contribution >= 4 is 38.6 Å². The van der Waals surface area contributed by atoms with E-state index in [2.05, 4.69) is 0 Å². The minimum atomic E-state index is -3.76. The minimum Gasteiger partial charge on any atom is -0.393 e. The van der Waals surface area contributed by atoms with E-state index < -0.39 is 32.2 Å². The van der Waals surface area contributed by atoms with Crippen LogP contribution in [0.1, 0.15) is 11.5 Å². The Morgan fingerprint density at radius 2 is 1.81 bits per heavy atom. The first-order valence-corrected chi connectivity index (χ1v) is 10.1. The van der Waals surface area contributed by atoms with Gasteiger partial charge in [-0.2, -0.15) is 0 Å². The number of rotatable bonds is 6. The topological polar surface area (TPSA) is 69.4 Å². The Morgan fingerprint density at radius 3 is 2.31 bits per heavy atom. The van der Waals surface area contributed by atoms with E-state index in [1.165, 1.54) is 43.5 Å². The fraction of sp³-hybridized carbons (Fsp3) is 0.278. The number of halogens is 2. The summed E-state index contributed by atoms with van der Waals surface area (Å²) >= 11 is 11.1. The molecule has 3 rings (SSSR count). The van der Waals surface area contributed by atoms with E-state index in [9.17, 15) is 12.8 Å². The second kappa shape index (κ2) is 6.88. The van der Waals surface area contributed by atoms with Crippen molar-refractivity contribution in [2.45, 2.75) is 16.1 Å². The van der Waals surface area contributed by atoms with Crippen LogP contribution < -0.4 is 5.73 Å². The van der Waals surface area contributed by atoms with Gasteiger partial charge in [0.2, 0.25) is 0 Å². The fourth-order valence-corrected chi connectivity index (χ4v) is 6.45. The lowest BCUT2D eigenvalue weighted by atomic mass is 10.00. The molecule has 26 heavy (non-hydrogen) atoms. The molecule has 1 aliphatic rings. The summed E-state index contributed by atoms with van der Waals surface area (Å²) in [5.74, 6) is -0.916. The summed E-state index contributed by atoms with van der Waals surface area (Å²) in [6.07, 6.45) is 0. The van der Waals surface area contributed by atoms with Crippen LogP contribution in [-0.4, -0.2) is 32.4 Å². The van der Waals surface area contributed by atoms with Gasteiger partial charge in [-0.1, -0.05) is 36.0 Å². The molecule has 2 N–H and O–H groups in total. The first-order valence-electron chi connectivity index (χ1n) is 7.79. The fourth-order valence-electron chi connectivity index (χ4n) is 3.55. The highest BCUT2D eigenvalue weighted by molar-refractivity contribution is 7.92. The van der Waals surface area contributed by atoms with E-state index in [0.717, 1.165) is 0 Å². The van der Waals surface area contributed by atoms with E-state index in [-0.39, 0.29) is 16.5 Å². The minimum absolute atomic E-state index is 0.0574. The SMILES string of the molecule is COC[C@]1(C(N)=S)[C@@H](c2ccc(F)cc2)[C@@H]1S(=O)(=O)c1ccc(Cl)cc1. The van der Waals surface area contributed by atoms with Crippen LogP contribution in [0.2, 0.25) is 5.02 Å². The molecule has 2 aromatic rings. The van der Waals surface area contributed by atoms with Crippen LogP contribution in [0.4, 0.5) is 4.39 Å². The number of benzene rings is 2. The first-order chi connectivity index (χ1) is 12.2. The standard InChI is InChI=1S/C18H17ClFNO3S2/c1-24-10-18(17(21)25)15(11-2-6-13(20)7-3-11)16(18)26(22,23)14-8-4-12(19)5-9-14/h2-9,15-16H,10H2,1H3,(H2,21,25)/t15-,16-,18-/m0/s1. The zero-order valence-corrected chi connectivity index (χ0v) is 16.2. The summed E-state index contributed by atoms with van der Waals surface area (Å²) in [5, 5.41) is -0.452. The maximum Gasteiger partial charge on any atom is 0.182 e. The summed E-state index contributed by atoms with van der Waals surface area (Å²) in [7, 11) is -2.30. The van der Waals surface area contributed by atoms with Crippen molar-refractivity contribution < 1.29 is 17.5 Å². The molecule has 0 unspecified atom stereocenters.